The van der Waals surface area contributed by atoms with Crippen LogP contribution in [-0.2, 0) is 9.53 Å². The van der Waals surface area contributed by atoms with Crippen LogP contribution < -0.4 is 10.6 Å². The molecule has 2 amide bonds. The summed E-state index contributed by atoms with van der Waals surface area (Å²) in [7, 11) is 0. The van der Waals surface area contributed by atoms with Crippen LogP contribution in [0, 0.1) is 0 Å². The van der Waals surface area contributed by atoms with E-state index < -0.39 is 17.7 Å². The molecule has 27 heavy (non-hydrogen) atoms. The fraction of sp³-hybridized carbons (Fsp3) is 0.550. The highest BCUT2D eigenvalue weighted by Crippen LogP contribution is 2.14. The first-order valence-electron chi connectivity index (χ1n) is 9.29. The van der Waals surface area contributed by atoms with E-state index in [0.717, 1.165) is 12.8 Å². The lowest BCUT2D eigenvalue weighted by atomic mass is 10.0. The van der Waals surface area contributed by atoms with Crippen molar-refractivity contribution in [3.8, 4) is 5.75 Å². The molecule has 7 heteroatoms. The van der Waals surface area contributed by atoms with Gasteiger partial charge in [0.2, 0.25) is 5.91 Å². The molecule has 0 aromatic heterocycles. The number of carbonyl (C=O) groups is 2. The second-order valence-electron chi connectivity index (χ2n) is 7.18. The Morgan fingerprint density at radius 1 is 1.15 bits per heavy atom. The van der Waals surface area contributed by atoms with Gasteiger partial charge in [-0.25, -0.2) is 4.79 Å². The molecule has 0 aliphatic rings. The molecule has 0 radical (unpaired) electrons. The number of aromatic hydroxyl groups is 1. The van der Waals surface area contributed by atoms with E-state index in [9.17, 15) is 14.7 Å². The Morgan fingerprint density at radius 2 is 1.78 bits per heavy atom. The number of aliphatic imine (C=N–C) groups is 1. The van der Waals surface area contributed by atoms with Crippen molar-refractivity contribution in [2.75, 3.05) is 13.1 Å². The molecular formula is C20H31N3O4. The zero-order valence-electron chi connectivity index (χ0n) is 16.8. The van der Waals surface area contributed by atoms with Gasteiger partial charge in [0.15, 0.2) is 6.04 Å². The second-order valence-corrected chi connectivity index (χ2v) is 7.18. The van der Waals surface area contributed by atoms with Gasteiger partial charge in [0.05, 0.1) is 5.71 Å². The van der Waals surface area contributed by atoms with Crippen molar-refractivity contribution < 1.29 is 19.4 Å². The lowest BCUT2D eigenvalue weighted by Gasteiger charge is -2.24. The van der Waals surface area contributed by atoms with Crippen LogP contribution in [0.3, 0.4) is 0 Å². The van der Waals surface area contributed by atoms with E-state index >= 15 is 0 Å². The Hall–Kier alpha value is -2.57. The summed E-state index contributed by atoms with van der Waals surface area (Å²) in [5.41, 5.74) is 0.388. The summed E-state index contributed by atoms with van der Waals surface area (Å²) in [4.78, 5) is 29.6. The maximum absolute atomic E-state index is 12.7. The topological polar surface area (TPSA) is 100 Å². The largest absolute Gasteiger partial charge is 0.508 e. The first-order valence-corrected chi connectivity index (χ1v) is 9.29. The third-order valence-electron chi connectivity index (χ3n) is 3.41. The maximum Gasteiger partial charge on any atom is 0.408 e. The van der Waals surface area contributed by atoms with Crippen molar-refractivity contribution in [1.29, 1.82) is 0 Å². The number of alkyl carbamates (subject to hydrolysis) is 1. The molecule has 0 fully saturated rings. The fourth-order valence-electron chi connectivity index (χ4n) is 2.25. The van der Waals surface area contributed by atoms with Crippen LogP contribution in [-0.4, -0.2) is 47.6 Å². The van der Waals surface area contributed by atoms with Gasteiger partial charge in [-0.05, 0) is 63.4 Å². The molecule has 0 unspecified atom stereocenters. The molecule has 0 saturated carbocycles. The molecule has 1 aromatic rings. The van der Waals surface area contributed by atoms with E-state index in [2.05, 4.69) is 15.6 Å². The number of phenols is 1. The highest BCUT2D eigenvalue weighted by Gasteiger charge is 2.29. The molecular weight excluding hydrogens is 346 g/mol. The van der Waals surface area contributed by atoms with Crippen molar-refractivity contribution in [1.82, 2.24) is 10.6 Å². The van der Waals surface area contributed by atoms with E-state index in [1.165, 1.54) is 12.1 Å². The quantitative estimate of drug-likeness (QED) is 0.606. The SMILES string of the molecule is CCCN=C(c1ccc(O)cc1)[C@H](NC(=O)OC(C)(C)C)C(=O)NCCC. The number of hydrogen-bond acceptors (Lipinski definition) is 5. The molecule has 3 N–H and O–H groups in total. The Morgan fingerprint density at radius 3 is 2.30 bits per heavy atom. The molecule has 0 aliphatic carbocycles. The normalized spacial score (nSPS) is 13.0. The number of ether oxygens (including phenoxy) is 1. The standard InChI is InChI=1S/C20H31N3O4/c1-6-12-21-16(14-8-10-15(24)11-9-14)17(18(25)22-13-7-2)23-19(26)27-20(3,4)5/h8-11,17,24H,6-7,12-13H2,1-5H3,(H,22,25)(H,23,26)/t17-/m0/s1. The van der Waals surface area contributed by atoms with Crippen molar-refractivity contribution in [3.63, 3.8) is 0 Å². The lowest BCUT2D eigenvalue weighted by molar-refractivity contribution is -0.121. The van der Waals surface area contributed by atoms with Crippen LogP contribution in [0.5, 0.6) is 5.75 Å². The predicted octanol–water partition coefficient (Wildman–Crippen LogP) is 3.01. The van der Waals surface area contributed by atoms with Gasteiger partial charge in [-0.3, -0.25) is 9.79 Å². The number of nitrogens with one attached hydrogen (secondary N) is 2. The number of rotatable bonds is 8. The summed E-state index contributed by atoms with van der Waals surface area (Å²) in [6, 6.07) is 5.38. The Kier molecular flexibility index (Phi) is 8.78. The molecule has 0 bridgehead atoms. The molecule has 1 aromatic carbocycles. The van der Waals surface area contributed by atoms with Crippen molar-refractivity contribution >= 4 is 17.7 Å². The third-order valence-corrected chi connectivity index (χ3v) is 3.41. The summed E-state index contributed by atoms with van der Waals surface area (Å²) >= 11 is 0. The minimum absolute atomic E-state index is 0.112. The van der Waals surface area contributed by atoms with Crippen LogP contribution in [0.1, 0.15) is 53.0 Å². The summed E-state index contributed by atoms with van der Waals surface area (Å²) in [5.74, 6) is -0.244. The van der Waals surface area contributed by atoms with E-state index in [4.69, 9.17) is 4.74 Å². The van der Waals surface area contributed by atoms with E-state index in [0.29, 0.717) is 24.4 Å². The average Bonchev–Trinajstić information content (AvgIpc) is 2.58. The van der Waals surface area contributed by atoms with Gasteiger partial charge in [-0.15, -0.1) is 0 Å². The van der Waals surface area contributed by atoms with Crippen LogP contribution in [0.25, 0.3) is 0 Å². The Bertz CT molecular complexity index is 648. The molecule has 1 atom stereocenters. The van der Waals surface area contributed by atoms with Crippen LogP contribution in [0.15, 0.2) is 29.3 Å². The lowest BCUT2D eigenvalue weighted by Crippen LogP contribution is -2.53. The average molecular weight is 377 g/mol. The van der Waals surface area contributed by atoms with Crippen molar-refractivity contribution in [3.05, 3.63) is 29.8 Å². The second kappa shape index (κ2) is 10.5. The number of carbonyl (C=O) groups excluding carboxylic acids is 2. The summed E-state index contributed by atoms with van der Waals surface area (Å²) in [6.45, 7) is 10.2. The number of amides is 2. The zero-order valence-corrected chi connectivity index (χ0v) is 16.8. The Balaban J connectivity index is 3.21. The third kappa shape index (κ3) is 8.11. The molecule has 1 rings (SSSR count). The van der Waals surface area contributed by atoms with Crippen LogP contribution >= 0.6 is 0 Å². The zero-order chi connectivity index (χ0) is 20.4. The van der Waals surface area contributed by atoms with Gasteiger partial charge < -0.3 is 20.5 Å². The van der Waals surface area contributed by atoms with E-state index in [-0.39, 0.29) is 11.7 Å². The molecule has 0 aliphatic heterocycles. The van der Waals surface area contributed by atoms with Crippen LogP contribution in [0.4, 0.5) is 4.79 Å². The first kappa shape index (κ1) is 22.5. The highest BCUT2D eigenvalue weighted by molar-refractivity contribution is 6.17. The van der Waals surface area contributed by atoms with Crippen molar-refractivity contribution in [2.24, 2.45) is 4.99 Å². The Labute approximate surface area is 161 Å². The molecule has 0 heterocycles. The number of benzene rings is 1. The smallest absolute Gasteiger partial charge is 0.408 e. The first-order chi connectivity index (χ1) is 12.7. The molecule has 0 saturated heterocycles. The number of hydrogen-bond donors (Lipinski definition) is 3. The van der Waals surface area contributed by atoms with Crippen LogP contribution in [0.2, 0.25) is 0 Å². The van der Waals surface area contributed by atoms with Gasteiger partial charge in [0.25, 0.3) is 0 Å². The predicted molar refractivity (Wildman–Crippen MR) is 106 cm³/mol. The van der Waals surface area contributed by atoms with Gasteiger partial charge >= 0.3 is 6.09 Å². The van der Waals surface area contributed by atoms with Gasteiger partial charge in [0, 0.05) is 13.1 Å². The molecule has 0 spiro atoms. The monoisotopic (exact) mass is 377 g/mol. The maximum atomic E-state index is 12.7. The number of phenolic OH excluding ortho intramolecular Hbond substituents is 1. The minimum Gasteiger partial charge on any atom is -0.508 e. The summed E-state index contributed by atoms with van der Waals surface area (Å²) in [5, 5.41) is 15.0. The highest BCUT2D eigenvalue weighted by atomic mass is 16.6. The van der Waals surface area contributed by atoms with Gasteiger partial charge in [-0.2, -0.15) is 0 Å². The summed E-state index contributed by atoms with van der Waals surface area (Å²) in [6.07, 6.45) is 0.866. The van der Waals surface area contributed by atoms with Crippen molar-refractivity contribution in [2.45, 2.75) is 59.1 Å². The van der Waals surface area contributed by atoms with E-state index in [1.54, 1.807) is 32.9 Å². The number of nitrogens with zero attached hydrogens (tertiary/aromatic N) is 1. The summed E-state index contributed by atoms with van der Waals surface area (Å²) < 4.78 is 5.31. The minimum atomic E-state index is -0.998. The van der Waals surface area contributed by atoms with Gasteiger partial charge in [-0.1, -0.05) is 13.8 Å². The van der Waals surface area contributed by atoms with Gasteiger partial charge in [0.1, 0.15) is 11.4 Å². The molecule has 7 nitrogen and oxygen atoms in total. The molecule has 150 valence electrons. The fourth-order valence-corrected chi connectivity index (χ4v) is 2.25. The van der Waals surface area contributed by atoms with E-state index in [1.807, 2.05) is 13.8 Å².